The molecule has 1 aromatic carbocycles. The Morgan fingerprint density at radius 2 is 2.00 bits per heavy atom. The number of rotatable bonds is 3. The highest BCUT2D eigenvalue weighted by molar-refractivity contribution is 5.87. The van der Waals surface area contributed by atoms with E-state index in [1.165, 1.54) is 5.56 Å². The summed E-state index contributed by atoms with van der Waals surface area (Å²) in [5.41, 5.74) is 5.97. The number of benzene rings is 1. The van der Waals surface area contributed by atoms with E-state index < -0.39 is 0 Å². The Hall–Kier alpha value is -3.19. The van der Waals surface area contributed by atoms with Gasteiger partial charge in [-0.05, 0) is 19.1 Å². The Labute approximate surface area is 156 Å². The number of hydrogen-bond acceptors (Lipinski definition) is 5. The van der Waals surface area contributed by atoms with Gasteiger partial charge in [-0.1, -0.05) is 23.8 Å². The summed E-state index contributed by atoms with van der Waals surface area (Å²) in [5.74, 6) is 0.759. The lowest BCUT2D eigenvalue weighted by Gasteiger charge is -2.29. The van der Waals surface area contributed by atoms with Crippen LogP contribution in [0.1, 0.15) is 5.56 Å². The quantitative estimate of drug-likeness (QED) is 0.608. The van der Waals surface area contributed by atoms with Gasteiger partial charge in [0.05, 0.1) is 30.9 Å². The molecule has 27 heavy (non-hydrogen) atoms. The van der Waals surface area contributed by atoms with Crippen LogP contribution in [0.25, 0.3) is 28.2 Å². The number of nitrogens with zero attached hydrogens (tertiary/aromatic N) is 5. The van der Waals surface area contributed by atoms with E-state index in [9.17, 15) is 0 Å². The SMILES string of the molecule is Cc1cccc(-c2ccn(-c3cc(N4CCOCC4)c4[nH]cnc4n3)n2)c1. The molecule has 0 atom stereocenters. The van der Waals surface area contributed by atoms with Gasteiger partial charge in [-0.2, -0.15) is 5.10 Å². The van der Waals surface area contributed by atoms with Gasteiger partial charge in [0.25, 0.3) is 0 Å². The molecule has 1 saturated heterocycles. The van der Waals surface area contributed by atoms with Crippen LogP contribution in [-0.2, 0) is 4.74 Å². The van der Waals surface area contributed by atoms with Crippen molar-refractivity contribution in [2.75, 3.05) is 31.2 Å². The maximum atomic E-state index is 5.49. The van der Waals surface area contributed by atoms with Gasteiger partial charge in [0.1, 0.15) is 5.52 Å². The fraction of sp³-hybridized carbons (Fsp3) is 0.250. The third-order valence-corrected chi connectivity index (χ3v) is 4.85. The number of H-pyrrole nitrogens is 1. The third-order valence-electron chi connectivity index (χ3n) is 4.85. The van der Waals surface area contributed by atoms with E-state index in [-0.39, 0.29) is 0 Å². The molecule has 0 unspecified atom stereocenters. The molecule has 4 aromatic rings. The zero-order chi connectivity index (χ0) is 18.2. The van der Waals surface area contributed by atoms with Gasteiger partial charge in [0.2, 0.25) is 0 Å². The summed E-state index contributed by atoms with van der Waals surface area (Å²) in [6.07, 6.45) is 3.63. The maximum absolute atomic E-state index is 5.49. The number of hydrogen-bond donors (Lipinski definition) is 1. The van der Waals surface area contributed by atoms with E-state index in [2.05, 4.69) is 51.0 Å². The number of pyridine rings is 1. The van der Waals surface area contributed by atoms with Crippen LogP contribution >= 0.6 is 0 Å². The number of imidazole rings is 1. The molecule has 5 rings (SSSR count). The second-order valence-electron chi connectivity index (χ2n) is 6.72. The second-order valence-corrected chi connectivity index (χ2v) is 6.72. The van der Waals surface area contributed by atoms with Crippen molar-refractivity contribution >= 4 is 16.9 Å². The molecule has 1 aliphatic rings. The molecule has 0 radical (unpaired) electrons. The van der Waals surface area contributed by atoms with E-state index in [1.807, 2.05) is 23.0 Å². The Balaban J connectivity index is 1.57. The number of anilines is 1. The fourth-order valence-electron chi connectivity index (χ4n) is 3.48. The minimum absolute atomic E-state index is 0.696. The molecule has 136 valence electrons. The third kappa shape index (κ3) is 2.96. The summed E-state index contributed by atoms with van der Waals surface area (Å²) in [6, 6.07) is 12.4. The van der Waals surface area contributed by atoms with E-state index in [0.717, 1.165) is 54.6 Å². The molecule has 0 saturated carbocycles. The van der Waals surface area contributed by atoms with E-state index in [0.29, 0.717) is 5.65 Å². The van der Waals surface area contributed by atoms with E-state index in [1.54, 1.807) is 6.33 Å². The topological polar surface area (TPSA) is 71.9 Å². The highest BCUT2D eigenvalue weighted by Crippen LogP contribution is 2.27. The minimum Gasteiger partial charge on any atom is -0.378 e. The zero-order valence-electron chi connectivity index (χ0n) is 15.1. The van der Waals surface area contributed by atoms with Crippen molar-refractivity contribution in [1.82, 2.24) is 24.7 Å². The summed E-state index contributed by atoms with van der Waals surface area (Å²) >= 11 is 0. The number of nitrogens with one attached hydrogen (secondary N) is 1. The molecular weight excluding hydrogens is 340 g/mol. The van der Waals surface area contributed by atoms with Gasteiger partial charge >= 0.3 is 0 Å². The van der Waals surface area contributed by atoms with Crippen molar-refractivity contribution in [1.29, 1.82) is 0 Å². The fourth-order valence-corrected chi connectivity index (χ4v) is 3.48. The van der Waals surface area contributed by atoms with E-state index in [4.69, 9.17) is 9.84 Å². The van der Waals surface area contributed by atoms with Crippen molar-refractivity contribution in [3.05, 3.63) is 54.5 Å². The summed E-state index contributed by atoms with van der Waals surface area (Å²) < 4.78 is 7.31. The normalized spacial score (nSPS) is 14.8. The van der Waals surface area contributed by atoms with Gasteiger partial charge in [0, 0.05) is 30.9 Å². The van der Waals surface area contributed by atoms with Crippen LogP contribution in [0, 0.1) is 6.92 Å². The van der Waals surface area contributed by atoms with Gasteiger partial charge in [-0.3, -0.25) is 0 Å². The first kappa shape index (κ1) is 16.0. The molecule has 1 N–H and O–H groups in total. The average Bonchev–Trinajstić information content (AvgIpc) is 3.37. The van der Waals surface area contributed by atoms with Crippen LogP contribution in [0.2, 0.25) is 0 Å². The number of aromatic amines is 1. The van der Waals surface area contributed by atoms with Crippen LogP contribution in [0.5, 0.6) is 0 Å². The van der Waals surface area contributed by atoms with Crippen molar-refractivity contribution in [2.24, 2.45) is 0 Å². The van der Waals surface area contributed by atoms with Gasteiger partial charge < -0.3 is 14.6 Å². The molecule has 0 bridgehead atoms. The first-order chi connectivity index (χ1) is 13.3. The van der Waals surface area contributed by atoms with Crippen molar-refractivity contribution in [2.45, 2.75) is 6.92 Å². The van der Waals surface area contributed by atoms with Crippen molar-refractivity contribution in [3.8, 4) is 17.1 Å². The number of aryl methyl sites for hydroxylation is 1. The standard InChI is InChI=1S/C20H20N6O/c1-14-3-2-4-15(11-14)16-5-6-26(24-16)18-12-17(25-7-9-27-10-8-25)19-20(23-18)22-13-21-19/h2-6,11-13H,7-10H2,1H3,(H,21,22,23). The Morgan fingerprint density at radius 1 is 1.11 bits per heavy atom. The van der Waals surface area contributed by atoms with Crippen LogP contribution < -0.4 is 4.90 Å². The molecule has 1 aliphatic heterocycles. The summed E-state index contributed by atoms with van der Waals surface area (Å²) in [4.78, 5) is 14.6. The lowest BCUT2D eigenvalue weighted by atomic mass is 10.1. The Kier molecular flexibility index (Phi) is 3.86. The Bertz CT molecular complexity index is 1090. The van der Waals surface area contributed by atoms with Crippen LogP contribution in [-0.4, -0.2) is 51.0 Å². The van der Waals surface area contributed by atoms with Crippen LogP contribution in [0.3, 0.4) is 0 Å². The number of aromatic nitrogens is 5. The molecule has 4 heterocycles. The van der Waals surface area contributed by atoms with Crippen LogP contribution in [0.15, 0.2) is 48.9 Å². The largest absolute Gasteiger partial charge is 0.378 e. The predicted molar refractivity (Wildman–Crippen MR) is 104 cm³/mol. The Morgan fingerprint density at radius 3 is 2.85 bits per heavy atom. The lowest BCUT2D eigenvalue weighted by Crippen LogP contribution is -2.36. The van der Waals surface area contributed by atoms with Gasteiger partial charge in [-0.15, -0.1) is 0 Å². The van der Waals surface area contributed by atoms with Gasteiger partial charge in [-0.25, -0.2) is 14.6 Å². The molecule has 7 heteroatoms. The molecule has 1 fully saturated rings. The van der Waals surface area contributed by atoms with Crippen molar-refractivity contribution in [3.63, 3.8) is 0 Å². The lowest BCUT2D eigenvalue weighted by molar-refractivity contribution is 0.123. The van der Waals surface area contributed by atoms with Gasteiger partial charge in [0.15, 0.2) is 11.5 Å². The number of morpholine rings is 1. The maximum Gasteiger partial charge on any atom is 0.181 e. The van der Waals surface area contributed by atoms with Crippen molar-refractivity contribution < 1.29 is 4.74 Å². The zero-order valence-corrected chi connectivity index (χ0v) is 15.1. The highest BCUT2D eigenvalue weighted by Gasteiger charge is 2.18. The van der Waals surface area contributed by atoms with Crippen LogP contribution in [0.4, 0.5) is 5.69 Å². The summed E-state index contributed by atoms with van der Waals surface area (Å²) in [5, 5.41) is 4.74. The molecule has 3 aromatic heterocycles. The molecule has 0 aliphatic carbocycles. The summed E-state index contributed by atoms with van der Waals surface area (Å²) in [6.45, 7) is 5.25. The predicted octanol–water partition coefficient (Wildman–Crippen LogP) is 2.96. The molecule has 0 amide bonds. The first-order valence-electron chi connectivity index (χ1n) is 9.08. The molecule has 7 nitrogen and oxygen atoms in total. The molecular formula is C20H20N6O. The first-order valence-corrected chi connectivity index (χ1v) is 9.08. The number of fused-ring (bicyclic) bond motifs is 1. The second kappa shape index (κ2) is 6.51. The summed E-state index contributed by atoms with van der Waals surface area (Å²) in [7, 11) is 0. The average molecular weight is 360 g/mol. The smallest absolute Gasteiger partial charge is 0.181 e. The number of ether oxygens (including phenoxy) is 1. The van der Waals surface area contributed by atoms with E-state index >= 15 is 0 Å². The molecule has 0 spiro atoms. The highest BCUT2D eigenvalue weighted by atomic mass is 16.5. The monoisotopic (exact) mass is 360 g/mol. The minimum atomic E-state index is 0.696.